The van der Waals surface area contributed by atoms with Crippen LogP contribution < -0.4 is 15.4 Å². The molecule has 0 radical (unpaired) electrons. The fourth-order valence-corrected chi connectivity index (χ4v) is 6.04. The average molecular weight is 523 g/mol. The van der Waals surface area contributed by atoms with Gasteiger partial charge in [-0.1, -0.05) is 43.2 Å². The maximum atomic E-state index is 12.4. The number of anilines is 1. The van der Waals surface area contributed by atoms with E-state index >= 15 is 0 Å². The van der Waals surface area contributed by atoms with E-state index < -0.39 is 0 Å². The van der Waals surface area contributed by atoms with Gasteiger partial charge in [-0.25, -0.2) is 0 Å². The molecule has 5 rings (SSSR count). The summed E-state index contributed by atoms with van der Waals surface area (Å²) in [5.41, 5.74) is 12.1. The van der Waals surface area contributed by atoms with Gasteiger partial charge in [0.1, 0.15) is 12.4 Å². The second-order valence-corrected chi connectivity index (χ2v) is 10.3. The number of ether oxygens (including phenoxy) is 1. The molecule has 2 heterocycles. The van der Waals surface area contributed by atoms with Crippen molar-refractivity contribution in [2.45, 2.75) is 45.6 Å². The Kier molecular flexibility index (Phi) is 7.48. The molecule has 1 aromatic heterocycles. The van der Waals surface area contributed by atoms with Crippen LogP contribution in [0.5, 0.6) is 5.75 Å². The van der Waals surface area contributed by atoms with Crippen molar-refractivity contribution >= 4 is 38.9 Å². The first kappa shape index (κ1) is 25.6. The molecular weight excluding hydrogens is 492 g/mol. The molecule has 3 aromatic carbocycles. The summed E-state index contributed by atoms with van der Waals surface area (Å²) in [7, 11) is 0. The summed E-state index contributed by atoms with van der Waals surface area (Å²) in [6, 6.07) is 20.4. The summed E-state index contributed by atoms with van der Waals surface area (Å²) >= 11 is 1.74. The second kappa shape index (κ2) is 11.1. The number of fused-ring (bicyclic) bond motifs is 2. The first-order valence-corrected chi connectivity index (χ1v) is 13.7. The highest BCUT2D eigenvalue weighted by atomic mass is 32.1. The Hall–Kier alpha value is -4.08. The zero-order valence-electron chi connectivity index (χ0n) is 21.6. The molecule has 1 aliphatic heterocycles. The van der Waals surface area contributed by atoms with Crippen LogP contribution in [0.4, 0.5) is 5.69 Å². The van der Waals surface area contributed by atoms with E-state index in [1.165, 1.54) is 26.8 Å². The van der Waals surface area contributed by atoms with Gasteiger partial charge in [0, 0.05) is 40.7 Å². The predicted octanol–water partition coefficient (Wildman–Crippen LogP) is 6.43. The topological polar surface area (TPSA) is 72.6 Å². The molecule has 2 N–H and O–H groups in total. The molecular formula is C32H30N2O3S. The fourth-order valence-electron chi connectivity index (χ4n) is 5.10. The Bertz CT molecular complexity index is 1560. The first-order chi connectivity index (χ1) is 18.5. The second-order valence-electron chi connectivity index (χ2n) is 9.41. The number of amides is 2. The number of primary amides is 1. The molecule has 192 valence electrons. The van der Waals surface area contributed by atoms with Gasteiger partial charge in [0.15, 0.2) is 0 Å². The SMILES string of the molecule is CC#C[C@@H](CC(N)=O)c1ccc(OCc2ccc3scc(-c4cccc5c4CCN5C(=O)CC)c3c2)cc1. The number of nitrogens with two attached hydrogens (primary N) is 1. The maximum absolute atomic E-state index is 12.4. The van der Waals surface area contributed by atoms with Crippen molar-refractivity contribution in [1.82, 2.24) is 0 Å². The van der Waals surface area contributed by atoms with Crippen LogP contribution in [0, 0.1) is 11.8 Å². The standard InChI is InChI=1S/C32H30N2O3S/c1-3-6-23(18-31(33)35)22-10-12-24(13-11-22)37-19-21-9-14-30-27(17-21)28(20-38-30)25-7-5-8-29-26(25)15-16-34(29)32(36)4-2/h5,7-14,17,20,23H,4,15-16,18-19H2,1-2H3,(H2,33,35)/t23-/m0/s1. The smallest absolute Gasteiger partial charge is 0.226 e. The molecule has 4 aromatic rings. The van der Waals surface area contributed by atoms with Crippen LogP contribution in [-0.2, 0) is 22.6 Å². The molecule has 0 bridgehead atoms. The fraction of sp³-hybridized carbons (Fsp3) is 0.250. The molecule has 0 unspecified atom stereocenters. The zero-order valence-corrected chi connectivity index (χ0v) is 22.4. The minimum Gasteiger partial charge on any atom is -0.489 e. The summed E-state index contributed by atoms with van der Waals surface area (Å²) < 4.78 is 7.32. The van der Waals surface area contributed by atoms with Gasteiger partial charge in [0.25, 0.3) is 0 Å². The lowest BCUT2D eigenvalue weighted by Crippen LogP contribution is -2.27. The van der Waals surface area contributed by atoms with E-state index in [1.807, 2.05) is 36.1 Å². The maximum Gasteiger partial charge on any atom is 0.226 e. The molecule has 38 heavy (non-hydrogen) atoms. The third kappa shape index (κ3) is 5.16. The summed E-state index contributed by atoms with van der Waals surface area (Å²) in [4.78, 5) is 25.7. The predicted molar refractivity (Wildman–Crippen MR) is 154 cm³/mol. The normalized spacial score (nSPS) is 13.1. The zero-order chi connectivity index (χ0) is 26.6. The first-order valence-electron chi connectivity index (χ1n) is 12.8. The molecule has 2 amide bonds. The lowest BCUT2D eigenvalue weighted by molar-refractivity contribution is -0.119. The van der Waals surface area contributed by atoms with Crippen molar-refractivity contribution < 1.29 is 14.3 Å². The number of carbonyl (C=O) groups excluding carboxylic acids is 2. The monoisotopic (exact) mass is 522 g/mol. The molecule has 0 fully saturated rings. The molecule has 0 saturated carbocycles. The highest BCUT2D eigenvalue weighted by molar-refractivity contribution is 7.17. The van der Waals surface area contributed by atoms with Crippen molar-refractivity contribution in [3.63, 3.8) is 0 Å². The van der Waals surface area contributed by atoms with E-state index in [0.717, 1.165) is 35.5 Å². The van der Waals surface area contributed by atoms with Crippen LogP contribution in [0.15, 0.2) is 66.0 Å². The van der Waals surface area contributed by atoms with E-state index in [1.54, 1.807) is 18.3 Å². The molecule has 1 atom stereocenters. The van der Waals surface area contributed by atoms with Gasteiger partial charge in [-0.15, -0.1) is 17.3 Å². The summed E-state index contributed by atoms with van der Waals surface area (Å²) in [5, 5.41) is 3.42. The molecule has 6 heteroatoms. The van der Waals surface area contributed by atoms with Gasteiger partial charge in [0.2, 0.25) is 11.8 Å². The van der Waals surface area contributed by atoms with E-state index in [9.17, 15) is 9.59 Å². The summed E-state index contributed by atoms with van der Waals surface area (Å²) in [6.07, 6.45) is 1.58. The molecule has 0 aliphatic carbocycles. The van der Waals surface area contributed by atoms with Gasteiger partial charge in [-0.05, 0) is 71.3 Å². The number of hydrogen-bond acceptors (Lipinski definition) is 4. The molecule has 1 aliphatic rings. The van der Waals surface area contributed by atoms with Crippen molar-refractivity contribution in [3.8, 4) is 28.7 Å². The molecule has 5 nitrogen and oxygen atoms in total. The number of carbonyl (C=O) groups is 2. The van der Waals surface area contributed by atoms with Crippen molar-refractivity contribution in [1.29, 1.82) is 0 Å². The summed E-state index contributed by atoms with van der Waals surface area (Å²) in [6.45, 7) is 4.85. The van der Waals surface area contributed by atoms with Gasteiger partial charge < -0.3 is 15.4 Å². The lowest BCUT2D eigenvalue weighted by Gasteiger charge is -2.17. The van der Waals surface area contributed by atoms with Crippen LogP contribution >= 0.6 is 11.3 Å². The minimum absolute atomic E-state index is 0.172. The third-order valence-corrected chi connectivity index (χ3v) is 7.93. The van der Waals surface area contributed by atoms with E-state index in [0.29, 0.717) is 13.0 Å². The Balaban J connectivity index is 1.36. The van der Waals surface area contributed by atoms with Crippen molar-refractivity contribution in [2.24, 2.45) is 5.73 Å². The largest absolute Gasteiger partial charge is 0.489 e. The summed E-state index contributed by atoms with van der Waals surface area (Å²) in [5.74, 6) is 6.28. The number of hydrogen-bond donors (Lipinski definition) is 1. The van der Waals surface area contributed by atoms with Crippen LogP contribution in [0.3, 0.4) is 0 Å². The minimum atomic E-state index is -0.367. The number of benzene rings is 3. The van der Waals surface area contributed by atoms with Gasteiger partial charge in [-0.3, -0.25) is 9.59 Å². The molecule has 0 spiro atoms. The van der Waals surface area contributed by atoms with E-state index in [4.69, 9.17) is 10.5 Å². The Morgan fingerprint density at radius 3 is 2.66 bits per heavy atom. The lowest BCUT2D eigenvalue weighted by atomic mass is 9.96. The Labute approximate surface area is 227 Å². The van der Waals surface area contributed by atoms with Gasteiger partial charge in [0.05, 0.1) is 5.92 Å². The van der Waals surface area contributed by atoms with Crippen LogP contribution in [0.1, 0.15) is 49.3 Å². The Morgan fingerprint density at radius 1 is 1.11 bits per heavy atom. The number of rotatable bonds is 8. The van der Waals surface area contributed by atoms with E-state index in [2.05, 4.69) is 53.6 Å². The van der Waals surface area contributed by atoms with Crippen LogP contribution in [0.25, 0.3) is 21.2 Å². The van der Waals surface area contributed by atoms with Gasteiger partial charge >= 0.3 is 0 Å². The highest BCUT2D eigenvalue weighted by Crippen LogP contribution is 2.41. The average Bonchev–Trinajstić information content (AvgIpc) is 3.55. The van der Waals surface area contributed by atoms with Gasteiger partial charge in [-0.2, -0.15) is 0 Å². The highest BCUT2D eigenvalue weighted by Gasteiger charge is 2.26. The number of thiophene rings is 1. The van der Waals surface area contributed by atoms with Crippen molar-refractivity contribution in [2.75, 3.05) is 11.4 Å². The molecule has 0 saturated heterocycles. The number of nitrogens with zero attached hydrogens (tertiary/aromatic N) is 1. The Morgan fingerprint density at radius 2 is 1.92 bits per heavy atom. The van der Waals surface area contributed by atoms with E-state index in [-0.39, 0.29) is 24.2 Å². The quantitative estimate of drug-likeness (QED) is 0.271. The third-order valence-electron chi connectivity index (χ3n) is 6.97. The van der Waals surface area contributed by atoms with Crippen LogP contribution in [-0.4, -0.2) is 18.4 Å². The van der Waals surface area contributed by atoms with Crippen molar-refractivity contribution in [3.05, 3.63) is 82.7 Å². The van der Waals surface area contributed by atoms with Crippen LogP contribution in [0.2, 0.25) is 0 Å².